The summed E-state index contributed by atoms with van der Waals surface area (Å²) in [5.41, 5.74) is 5.53. The van der Waals surface area contributed by atoms with Crippen molar-refractivity contribution in [3.8, 4) is 0 Å². The number of nitrogen functional groups attached to an aromatic ring is 1. The van der Waals surface area contributed by atoms with Crippen LogP contribution in [0.3, 0.4) is 0 Å². The van der Waals surface area contributed by atoms with Gasteiger partial charge >= 0.3 is 5.97 Å². The normalized spacial score (nSPS) is 19.5. The van der Waals surface area contributed by atoms with Gasteiger partial charge < -0.3 is 21.4 Å². The van der Waals surface area contributed by atoms with Crippen molar-refractivity contribution < 1.29 is 24.7 Å². The minimum absolute atomic E-state index is 0.0507. The molecule has 1 fully saturated rings. The second-order valence-electron chi connectivity index (χ2n) is 7.39. The zero-order valence-electron chi connectivity index (χ0n) is 18.2. The number of hydrogen-bond acceptors (Lipinski definition) is 16. The molecule has 5 heterocycles. The van der Waals surface area contributed by atoms with Crippen LogP contribution in [0.4, 0.5) is 5.13 Å². The van der Waals surface area contributed by atoms with Crippen LogP contribution in [0.15, 0.2) is 27.0 Å². The van der Waals surface area contributed by atoms with Crippen molar-refractivity contribution in [1.82, 2.24) is 56.0 Å². The van der Waals surface area contributed by atoms with Crippen LogP contribution in [-0.4, -0.2) is 107 Å². The van der Waals surface area contributed by atoms with Crippen molar-refractivity contribution in [2.24, 2.45) is 5.16 Å². The smallest absolute Gasteiger partial charge is 0.352 e. The van der Waals surface area contributed by atoms with E-state index in [2.05, 4.69) is 51.6 Å². The fourth-order valence-electron chi connectivity index (χ4n) is 3.55. The molecule has 21 heteroatoms. The van der Waals surface area contributed by atoms with Crippen LogP contribution in [-0.2, 0) is 20.9 Å². The van der Waals surface area contributed by atoms with E-state index in [0.29, 0.717) is 16.6 Å². The Morgan fingerprint density at radius 1 is 1.35 bits per heavy atom. The Kier molecular flexibility index (Phi) is 6.71. The number of hydrogen-bond donors (Lipinski definition) is 5. The van der Waals surface area contributed by atoms with Gasteiger partial charge in [-0.05, 0) is 26.4 Å². The molecule has 2 amide bonds. The Hall–Kier alpha value is -4.11. The number of aliphatic carboxylic acids is 1. The maximum atomic E-state index is 12.9. The number of β-lactam (4-membered cyclic amide) rings is 1. The largest absolute Gasteiger partial charge is 0.477 e. The highest BCUT2D eigenvalue weighted by Crippen LogP contribution is 2.41. The van der Waals surface area contributed by atoms with Gasteiger partial charge in [-0.25, -0.2) is 19.6 Å². The second-order valence-corrected chi connectivity index (χ2v) is 10.3. The summed E-state index contributed by atoms with van der Waals surface area (Å²) in [7, 11) is 0. The van der Waals surface area contributed by atoms with E-state index in [1.54, 1.807) is 0 Å². The fraction of sp³-hybridized carbons (Fsp3) is 0.312. The molecule has 2 atom stereocenters. The Bertz CT molecular complexity index is 1420. The molecule has 3 aromatic rings. The van der Waals surface area contributed by atoms with Crippen molar-refractivity contribution in [3.63, 3.8) is 0 Å². The minimum atomic E-state index is -1.28. The van der Waals surface area contributed by atoms with E-state index in [9.17, 15) is 24.7 Å². The molecule has 192 valence electrons. The fourth-order valence-corrected chi connectivity index (χ4v) is 6.46. The van der Waals surface area contributed by atoms with Gasteiger partial charge in [0, 0.05) is 16.9 Å². The van der Waals surface area contributed by atoms with Crippen molar-refractivity contribution in [2.45, 2.75) is 23.1 Å². The summed E-state index contributed by atoms with van der Waals surface area (Å²) in [5.74, 6) is -1.81. The highest BCUT2D eigenvalue weighted by molar-refractivity contribution is 8.01. The lowest BCUT2D eigenvalue weighted by molar-refractivity contribution is -0.150. The maximum absolute atomic E-state index is 12.9. The summed E-state index contributed by atoms with van der Waals surface area (Å²) in [6, 6.07) is -1.02. The first-order chi connectivity index (χ1) is 17.9. The van der Waals surface area contributed by atoms with Crippen LogP contribution in [0.2, 0.25) is 0 Å². The molecule has 37 heavy (non-hydrogen) atoms. The Labute approximate surface area is 217 Å². The third kappa shape index (κ3) is 4.70. The Balaban J connectivity index is 1.28. The topological polar surface area (TPSA) is 256 Å². The number of carbonyl (C=O) groups is 3. The van der Waals surface area contributed by atoms with Gasteiger partial charge in [0.15, 0.2) is 16.7 Å². The molecule has 18 nitrogen and oxygen atoms in total. The number of nitrogens with zero attached hydrogens (tertiary/aromatic N) is 10. The summed E-state index contributed by atoms with van der Waals surface area (Å²) in [6.45, 7) is 0.183. The number of thiazole rings is 1. The number of oxime groups is 1. The molecule has 6 N–H and O–H groups in total. The number of rotatable bonds is 9. The summed E-state index contributed by atoms with van der Waals surface area (Å²) in [4.78, 5) is 42.7. The van der Waals surface area contributed by atoms with Gasteiger partial charge in [0.05, 0.1) is 0 Å². The summed E-state index contributed by atoms with van der Waals surface area (Å²) in [5, 5.41) is 50.8. The second kappa shape index (κ2) is 10.1. The van der Waals surface area contributed by atoms with Gasteiger partial charge in [0.1, 0.15) is 29.4 Å². The number of carboxylic acids is 1. The Morgan fingerprint density at radius 2 is 2.19 bits per heavy atom. The van der Waals surface area contributed by atoms with Gasteiger partial charge in [-0.2, -0.15) is 0 Å². The number of thioether (sulfide) groups is 2. The summed E-state index contributed by atoms with van der Waals surface area (Å²) >= 11 is 3.53. The van der Waals surface area contributed by atoms with E-state index < -0.39 is 34.9 Å². The van der Waals surface area contributed by atoms with Gasteiger partial charge in [-0.1, -0.05) is 16.9 Å². The standard InChI is InChI=1S/C16H15N13O5S3/c17-15-18-6(4-36-15)8(23-34)11(30)19-9-12(31)29-10(14(32)33)5(2-35-13(9)29)3-37-16-22-26-27-28(16)1-7-20-24-25-21-7/h4,9,13,34H,1-3H2,(H2,17,18)(H,19,30)(H,32,33)(H,20,21,24,25)/t9-,13+/m1/s1. The van der Waals surface area contributed by atoms with E-state index >= 15 is 0 Å². The molecule has 0 bridgehead atoms. The first-order valence-corrected chi connectivity index (χ1v) is 13.0. The zero-order valence-corrected chi connectivity index (χ0v) is 20.7. The number of carbonyl (C=O) groups excluding carboxylic acids is 2. The van der Waals surface area contributed by atoms with Crippen LogP contribution in [0.1, 0.15) is 11.5 Å². The number of amides is 2. The van der Waals surface area contributed by atoms with E-state index in [1.165, 1.54) is 33.6 Å². The zero-order chi connectivity index (χ0) is 26.1. The number of anilines is 1. The van der Waals surface area contributed by atoms with Gasteiger partial charge in [-0.3, -0.25) is 14.5 Å². The lowest BCUT2D eigenvalue weighted by Crippen LogP contribution is -2.71. The molecule has 0 aliphatic carbocycles. The monoisotopic (exact) mass is 565 g/mol. The van der Waals surface area contributed by atoms with E-state index in [1.807, 2.05) is 0 Å². The quantitative estimate of drug-likeness (QED) is 0.0617. The number of aromatic nitrogens is 9. The van der Waals surface area contributed by atoms with Crippen LogP contribution < -0.4 is 11.1 Å². The average Bonchev–Trinajstić information content (AvgIpc) is 3.65. The molecule has 0 spiro atoms. The van der Waals surface area contributed by atoms with E-state index in [4.69, 9.17) is 5.73 Å². The van der Waals surface area contributed by atoms with Crippen molar-refractivity contribution in [2.75, 3.05) is 17.2 Å². The predicted octanol–water partition coefficient (Wildman–Crippen LogP) is -2.02. The number of fused-ring (bicyclic) bond motifs is 1. The number of tetrazole rings is 2. The number of aromatic amines is 1. The molecule has 0 aromatic carbocycles. The molecule has 0 radical (unpaired) electrons. The maximum Gasteiger partial charge on any atom is 0.352 e. The van der Waals surface area contributed by atoms with Crippen LogP contribution >= 0.6 is 34.9 Å². The van der Waals surface area contributed by atoms with Crippen LogP contribution in [0.5, 0.6) is 0 Å². The highest BCUT2D eigenvalue weighted by Gasteiger charge is 2.54. The van der Waals surface area contributed by atoms with Crippen molar-refractivity contribution >= 4 is 63.5 Å². The van der Waals surface area contributed by atoms with Crippen LogP contribution in [0, 0.1) is 0 Å². The van der Waals surface area contributed by atoms with Crippen molar-refractivity contribution in [1.29, 1.82) is 0 Å². The molecule has 2 aliphatic heterocycles. The highest BCUT2D eigenvalue weighted by atomic mass is 32.2. The van der Waals surface area contributed by atoms with E-state index in [0.717, 1.165) is 16.2 Å². The lowest BCUT2D eigenvalue weighted by atomic mass is 10.0. The lowest BCUT2D eigenvalue weighted by Gasteiger charge is -2.49. The van der Waals surface area contributed by atoms with Crippen LogP contribution in [0.25, 0.3) is 0 Å². The van der Waals surface area contributed by atoms with Gasteiger partial charge in [0.2, 0.25) is 5.16 Å². The molecular formula is C16H15N13O5S3. The van der Waals surface area contributed by atoms with Gasteiger partial charge in [0.25, 0.3) is 11.8 Å². The molecule has 0 saturated carbocycles. The predicted molar refractivity (Wildman–Crippen MR) is 126 cm³/mol. The van der Waals surface area contributed by atoms with Gasteiger partial charge in [-0.15, -0.1) is 33.3 Å². The minimum Gasteiger partial charge on any atom is -0.477 e. The number of H-pyrrole nitrogens is 1. The number of nitrogens with two attached hydrogens (primary N) is 1. The summed E-state index contributed by atoms with van der Waals surface area (Å²) < 4.78 is 1.45. The Morgan fingerprint density at radius 3 is 2.86 bits per heavy atom. The molecule has 0 unspecified atom stereocenters. The molecule has 1 saturated heterocycles. The molecule has 3 aromatic heterocycles. The van der Waals surface area contributed by atoms with Crippen molar-refractivity contribution in [3.05, 3.63) is 28.2 Å². The molecule has 2 aliphatic rings. The number of nitrogens with one attached hydrogen (secondary N) is 2. The summed E-state index contributed by atoms with van der Waals surface area (Å²) in [6.07, 6.45) is 0. The first-order valence-electron chi connectivity index (χ1n) is 10.1. The third-order valence-electron chi connectivity index (χ3n) is 5.18. The SMILES string of the molecule is Nc1nc(C(=NO)C(=O)N[C@@H]2C(=O)N3C(C(=O)O)=C(CSc4nnnn4Cc4nnn[nH]4)CS[C@@H]23)cs1. The first kappa shape index (κ1) is 24.6. The molecular weight excluding hydrogens is 550 g/mol. The number of carboxylic acid groups (broad SMARTS) is 1. The molecule has 5 rings (SSSR count). The van der Waals surface area contributed by atoms with E-state index in [-0.39, 0.29) is 34.6 Å². The average molecular weight is 566 g/mol. The third-order valence-corrected chi connectivity index (χ3v) is 8.24.